The van der Waals surface area contributed by atoms with Crippen LogP contribution < -0.4 is 0 Å². The van der Waals surface area contributed by atoms with Gasteiger partial charge in [-0.3, -0.25) is 0 Å². The minimum absolute atomic E-state index is 0.267. The zero-order valence-corrected chi connectivity index (χ0v) is 12.2. The number of nitriles is 1. The van der Waals surface area contributed by atoms with Gasteiger partial charge in [-0.05, 0) is 39.5 Å². The Hall–Kier alpha value is -1.08. The van der Waals surface area contributed by atoms with Crippen LogP contribution in [0.25, 0.3) is 0 Å². The summed E-state index contributed by atoms with van der Waals surface area (Å²) in [6.07, 6.45) is 1.56. The quantitative estimate of drug-likeness (QED) is 0.711. The van der Waals surface area contributed by atoms with Gasteiger partial charge >= 0.3 is 5.97 Å². The summed E-state index contributed by atoms with van der Waals surface area (Å²) in [5.74, 6) is -0.0217. The van der Waals surface area contributed by atoms with E-state index in [1.807, 2.05) is 34.6 Å². The van der Waals surface area contributed by atoms with Crippen LogP contribution in [0.3, 0.4) is 0 Å². The Kier molecular flexibility index (Phi) is 7.61. The topological polar surface area (TPSA) is 59.3 Å². The van der Waals surface area contributed by atoms with Gasteiger partial charge in [0.05, 0.1) is 12.7 Å². The monoisotopic (exact) mass is 255 g/mol. The lowest BCUT2D eigenvalue weighted by atomic mass is 9.96. The van der Waals surface area contributed by atoms with Crippen LogP contribution in [0.2, 0.25) is 0 Å². The fourth-order valence-electron chi connectivity index (χ4n) is 1.65. The first-order valence-corrected chi connectivity index (χ1v) is 6.64. The molecule has 104 valence electrons. The second-order valence-electron chi connectivity index (χ2n) is 5.16. The Balaban J connectivity index is 0.00000137. The van der Waals surface area contributed by atoms with Crippen molar-refractivity contribution in [3.63, 3.8) is 0 Å². The molecule has 1 saturated heterocycles. The van der Waals surface area contributed by atoms with Crippen molar-refractivity contribution in [2.24, 2.45) is 5.92 Å². The highest BCUT2D eigenvalue weighted by atomic mass is 16.6. The van der Waals surface area contributed by atoms with Gasteiger partial charge in [0.25, 0.3) is 0 Å². The van der Waals surface area contributed by atoms with Crippen molar-refractivity contribution in [3.05, 3.63) is 0 Å². The summed E-state index contributed by atoms with van der Waals surface area (Å²) < 4.78 is 10.7. The minimum atomic E-state index is -0.468. The van der Waals surface area contributed by atoms with E-state index in [0.717, 1.165) is 6.42 Å². The molecule has 4 nitrogen and oxygen atoms in total. The Morgan fingerprint density at radius 3 is 2.39 bits per heavy atom. The first-order valence-electron chi connectivity index (χ1n) is 6.64. The summed E-state index contributed by atoms with van der Waals surface area (Å²) >= 11 is 0. The first-order chi connectivity index (χ1) is 8.42. The Labute approximate surface area is 110 Å². The summed E-state index contributed by atoms with van der Waals surface area (Å²) in [6, 6.07) is 2.12. The maximum Gasteiger partial charge on any atom is 0.335 e. The van der Waals surface area contributed by atoms with E-state index < -0.39 is 11.7 Å². The highest BCUT2D eigenvalue weighted by Crippen LogP contribution is 2.23. The summed E-state index contributed by atoms with van der Waals surface area (Å²) in [7, 11) is 0. The maximum atomic E-state index is 11.7. The second kappa shape index (κ2) is 8.10. The summed E-state index contributed by atoms with van der Waals surface area (Å²) in [4.78, 5) is 11.7. The molecule has 2 unspecified atom stereocenters. The number of nitrogens with zero attached hydrogens (tertiary/aromatic N) is 1. The van der Waals surface area contributed by atoms with Crippen LogP contribution in [-0.4, -0.2) is 24.3 Å². The van der Waals surface area contributed by atoms with Crippen molar-refractivity contribution in [1.82, 2.24) is 0 Å². The zero-order valence-electron chi connectivity index (χ0n) is 12.2. The predicted octanol–water partition coefficient (Wildman–Crippen LogP) is 3.06. The molecule has 0 spiro atoms. The number of esters is 1. The average Bonchev–Trinajstić information content (AvgIpc) is 2.31. The standard InChI is InChI=1S/C12H19NO3.C2H6/c1-12(2,3)16-11(14)10-5-4-9(6-7-13)8-15-10;1-2/h9-10H,4-6,8H2,1-3H3;1-2H3. The number of hydrogen-bond donors (Lipinski definition) is 0. The average molecular weight is 255 g/mol. The van der Waals surface area contributed by atoms with Gasteiger partial charge in [0.15, 0.2) is 6.10 Å². The largest absolute Gasteiger partial charge is 0.458 e. The van der Waals surface area contributed by atoms with E-state index in [4.69, 9.17) is 14.7 Å². The third-order valence-corrected chi connectivity index (χ3v) is 2.42. The van der Waals surface area contributed by atoms with Gasteiger partial charge < -0.3 is 9.47 Å². The molecule has 0 saturated carbocycles. The van der Waals surface area contributed by atoms with Crippen LogP contribution in [0.1, 0.15) is 53.9 Å². The number of carbonyl (C=O) groups excluding carboxylic acids is 1. The SMILES string of the molecule is CC.CC(C)(C)OC(=O)C1CCC(CC#N)CO1. The molecule has 1 fully saturated rings. The molecule has 1 aliphatic heterocycles. The molecular weight excluding hydrogens is 230 g/mol. The van der Waals surface area contributed by atoms with Gasteiger partial charge in [-0.2, -0.15) is 5.26 Å². The van der Waals surface area contributed by atoms with Crippen LogP contribution in [0, 0.1) is 17.2 Å². The number of ether oxygens (including phenoxy) is 2. The minimum Gasteiger partial charge on any atom is -0.458 e. The van der Waals surface area contributed by atoms with Crippen molar-refractivity contribution in [3.8, 4) is 6.07 Å². The Bertz CT molecular complexity index is 280. The summed E-state index contributed by atoms with van der Waals surface area (Å²) in [6.45, 7) is 10.0. The second-order valence-corrected chi connectivity index (χ2v) is 5.16. The van der Waals surface area contributed by atoms with Crippen molar-refractivity contribution in [2.45, 2.75) is 65.6 Å². The fraction of sp³-hybridized carbons (Fsp3) is 0.857. The lowest BCUT2D eigenvalue weighted by Gasteiger charge is -2.29. The van der Waals surface area contributed by atoms with Gasteiger partial charge in [-0.15, -0.1) is 0 Å². The smallest absolute Gasteiger partial charge is 0.335 e. The molecule has 2 atom stereocenters. The van der Waals surface area contributed by atoms with Gasteiger partial charge in [-0.1, -0.05) is 13.8 Å². The van der Waals surface area contributed by atoms with Crippen molar-refractivity contribution in [1.29, 1.82) is 5.26 Å². The molecule has 1 heterocycles. The molecule has 0 N–H and O–H groups in total. The molecule has 0 bridgehead atoms. The highest BCUT2D eigenvalue weighted by molar-refractivity contribution is 5.75. The van der Waals surface area contributed by atoms with Crippen LogP contribution in [0.15, 0.2) is 0 Å². The van der Waals surface area contributed by atoms with E-state index in [1.54, 1.807) is 0 Å². The normalized spacial score (nSPS) is 23.3. The van der Waals surface area contributed by atoms with Gasteiger partial charge in [0.1, 0.15) is 5.60 Å². The molecule has 0 aromatic carbocycles. The van der Waals surface area contributed by atoms with Gasteiger partial charge in [0.2, 0.25) is 0 Å². The maximum absolute atomic E-state index is 11.7. The van der Waals surface area contributed by atoms with Crippen LogP contribution in [-0.2, 0) is 14.3 Å². The molecule has 0 amide bonds. The highest BCUT2D eigenvalue weighted by Gasteiger charge is 2.30. The molecule has 18 heavy (non-hydrogen) atoms. The van der Waals surface area contributed by atoms with Crippen LogP contribution in [0.5, 0.6) is 0 Å². The first kappa shape index (κ1) is 16.9. The molecule has 0 aromatic rings. The summed E-state index contributed by atoms with van der Waals surface area (Å²) in [5, 5.41) is 8.55. The van der Waals surface area contributed by atoms with Crippen molar-refractivity contribution in [2.75, 3.05) is 6.61 Å². The molecule has 1 aliphatic rings. The number of carbonyl (C=O) groups is 1. The van der Waals surface area contributed by atoms with E-state index >= 15 is 0 Å². The van der Waals surface area contributed by atoms with Gasteiger partial charge in [-0.25, -0.2) is 4.79 Å². The predicted molar refractivity (Wildman–Crippen MR) is 69.9 cm³/mol. The molecule has 0 aromatic heterocycles. The van der Waals surface area contributed by atoms with Crippen LogP contribution in [0.4, 0.5) is 0 Å². The van der Waals surface area contributed by atoms with E-state index in [-0.39, 0.29) is 11.9 Å². The third-order valence-electron chi connectivity index (χ3n) is 2.42. The van der Waals surface area contributed by atoms with E-state index in [2.05, 4.69) is 6.07 Å². The van der Waals surface area contributed by atoms with Crippen LogP contribution >= 0.6 is 0 Å². The van der Waals surface area contributed by atoms with Crippen molar-refractivity contribution < 1.29 is 14.3 Å². The number of rotatable bonds is 2. The van der Waals surface area contributed by atoms with Crippen molar-refractivity contribution >= 4 is 5.97 Å². The van der Waals surface area contributed by atoms with E-state index in [1.165, 1.54) is 0 Å². The van der Waals surface area contributed by atoms with Gasteiger partial charge in [0, 0.05) is 6.42 Å². The lowest BCUT2D eigenvalue weighted by Crippen LogP contribution is -2.37. The summed E-state index contributed by atoms with van der Waals surface area (Å²) in [5.41, 5.74) is -0.468. The van der Waals surface area contributed by atoms with E-state index in [0.29, 0.717) is 19.4 Å². The molecule has 0 aliphatic carbocycles. The Morgan fingerprint density at radius 1 is 1.39 bits per heavy atom. The fourth-order valence-corrected chi connectivity index (χ4v) is 1.65. The lowest BCUT2D eigenvalue weighted by molar-refractivity contribution is -0.173. The molecular formula is C14H25NO3. The zero-order chi connectivity index (χ0) is 14.2. The third kappa shape index (κ3) is 6.61. The van der Waals surface area contributed by atoms with E-state index in [9.17, 15) is 4.79 Å². The Morgan fingerprint density at radius 2 is 2.00 bits per heavy atom. The molecule has 0 radical (unpaired) electrons. The number of hydrogen-bond acceptors (Lipinski definition) is 4. The molecule has 1 rings (SSSR count). The molecule has 4 heteroatoms.